The summed E-state index contributed by atoms with van der Waals surface area (Å²) < 4.78 is 18.5. The van der Waals surface area contributed by atoms with Crippen LogP contribution in [0.2, 0.25) is 0 Å². The number of ether oxygens (including phenoxy) is 1. The van der Waals surface area contributed by atoms with Gasteiger partial charge in [-0.3, -0.25) is 0 Å². The van der Waals surface area contributed by atoms with Gasteiger partial charge in [0.15, 0.2) is 0 Å². The summed E-state index contributed by atoms with van der Waals surface area (Å²) in [7, 11) is 0. The van der Waals surface area contributed by atoms with Gasteiger partial charge in [-0.25, -0.2) is 4.39 Å². The highest BCUT2D eigenvalue weighted by atomic mass is 19.1. The maximum atomic E-state index is 13.2. The summed E-state index contributed by atoms with van der Waals surface area (Å²) >= 11 is 0. The first-order chi connectivity index (χ1) is 6.69. The molecular formula is C11H14FO2. The molecule has 0 heterocycles. The van der Waals surface area contributed by atoms with Gasteiger partial charge in [0.1, 0.15) is 11.6 Å². The van der Waals surface area contributed by atoms with Crippen molar-refractivity contribution in [1.82, 2.24) is 0 Å². The smallest absolute Gasteiger partial charge is 0.127 e. The van der Waals surface area contributed by atoms with Crippen LogP contribution in [0.25, 0.3) is 0 Å². The Hall–Kier alpha value is -1.09. The molecule has 1 atom stereocenters. The molecule has 1 N–H and O–H groups in total. The third-order valence-corrected chi connectivity index (χ3v) is 1.94. The van der Waals surface area contributed by atoms with Gasteiger partial charge in [-0.05, 0) is 37.6 Å². The van der Waals surface area contributed by atoms with Crippen molar-refractivity contribution in [2.45, 2.75) is 12.8 Å². The van der Waals surface area contributed by atoms with E-state index in [2.05, 4.69) is 6.92 Å². The van der Waals surface area contributed by atoms with Crippen LogP contribution in [0.1, 0.15) is 18.4 Å². The molecule has 1 aromatic rings. The maximum absolute atomic E-state index is 13.2. The summed E-state index contributed by atoms with van der Waals surface area (Å²) in [6, 6.07) is 4.47. The first-order valence-electron chi connectivity index (χ1n) is 4.55. The zero-order valence-corrected chi connectivity index (χ0v) is 8.16. The minimum Gasteiger partial charge on any atom is -0.494 e. The molecule has 0 bridgehead atoms. The lowest BCUT2D eigenvalue weighted by Gasteiger charge is -2.11. The quantitative estimate of drug-likeness (QED) is 0.801. The van der Waals surface area contributed by atoms with E-state index in [1.165, 1.54) is 6.07 Å². The van der Waals surface area contributed by atoms with Crippen molar-refractivity contribution in [3.63, 3.8) is 0 Å². The molecule has 0 saturated heterocycles. The first-order valence-corrected chi connectivity index (χ1v) is 4.55. The monoisotopic (exact) mass is 197 g/mol. The summed E-state index contributed by atoms with van der Waals surface area (Å²) in [5.41, 5.74) is 0.387. The molecule has 0 saturated carbocycles. The van der Waals surface area contributed by atoms with Crippen molar-refractivity contribution in [3.05, 3.63) is 36.5 Å². The van der Waals surface area contributed by atoms with Crippen LogP contribution in [-0.4, -0.2) is 18.3 Å². The van der Waals surface area contributed by atoms with Crippen LogP contribution in [0.3, 0.4) is 0 Å². The molecule has 14 heavy (non-hydrogen) atoms. The molecule has 3 heteroatoms. The molecule has 0 fully saturated rings. The third-order valence-electron chi connectivity index (χ3n) is 1.94. The second-order valence-electron chi connectivity index (χ2n) is 3.00. The molecular weight excluding hydrogens is 183 g/mol. The van der Waals surface area contributed by atoms with E-state index in [1.807, 2.05) is 6.92 Å². The van der Waals surface area contributed by atoms with Crippen LogP contribution in [-0.2, 0) is 0 Å². The largest absolute Gasteiger partial charge is 0.494 e. The zero-order chi connectivity index (χ0) is 10.6. The Morgan fingerprint density at radius 1 is 1.57 bits per heavy atom. The SMILES string of the molecule is [CH2]C(CO)c1cc(OCC)ccc1F. The van der Waals surface area contributed by atoms with Crippen molar-refractivity contribution >= 4 is 0 Å². The molecule has 1 unspecified atom stereocenters. The Balaban J connectivity index is 2.95. The van der Waals surface area contributed by atoms with Gasteiger partial charge < -0.3 is 9.84 Å². The molecule has 0 aliphatic heterocycles. The lowest BCUT2D eigenvalue weighted by Crippen LogP contribution is -2.03. The van der Waals surface area contributed by atoms with E-state index < -0.39 is 5.92 Å². The summed E-state index contributed by atoms with van der Waals surface area (Å²) in [5, 5.41) is 8.86. The van der Waals surface area contributed by atoms with E-state index in [-0.39, 0.29) is 12.4 Å². The van der Waals surface area contributed by atoms with Gasteiger partial charge in [0, 0.05) is 5.92 Å². The molecule has 0 aliphatic carbocycles. The first kappa shape index (κ1) is 11.0. The molecule has 2 nitrogen and oxygen atoms in total. The average molecular weight is 197 g/mol. The number of hydrogen-bond acceptors (Lipinski definition) is 2. The molecule has 0 amide bonds. The van der Waals surface area contributed by atoms with Gasteiger partial charge in [0.05, 0.1) is 13.2 Å². The van der Waals surface area contributed by atoms with E-state index >= 15 is 0 Å². The van der Waals surface area contributed by atoms with Crippen LogP contribution < -0.4 is 4.74 Å². The Kier molecular flexibility index (Phi) is 3.89. The van der Waals surface area contributed by atoms with E-state index in [0.717, 1.165) is 0 Å². The van der Waals surface area contributed by atoms with Crippen LogP contribution in [0, 0.1) is 12.7 Å². The van der Waals surface area contributed by atoms with Crippen LogP contribution >= 0.6 is 0 Å². The van der Waals surface area contributed by atoms with E-state index in [9.17, 15) is 4.39 Å². The van der Waals surface area contributed by atoms with Crippen LogP contribution in [0.15, 0.2) is 18.2 Å². The predicted octanol–water partition coefficient (Wildman–Crippen LogP) is 2.13. The topological polar surface area (TPSA) is 29.5 Å². The summed E-state index contributed by atoms with van der Waals surface area (Å²) in [4.78, 5) is 0. The molecule has 0 spiro atoms. The average Bonchev–Trinajstić information content (AvgIpc) is 2.20. The normalized spacial score (nSPS) is 12.6. The summed E-state index contributed by atoms with van der Waals surface area (Å²) in [5.74, 6) is -0.205. The van der Waals surface area contributed by atoms with E-state index in [0.29, 0.717) is 17.9 Å². The van der Waals surface area contributed by atoms with Gasteiger partial charge >= 0.3 is 0 Å². The zero-order valence-electron chi connectivity index (χ0n) is 8.16. The number of rotatable bonds is 4. The van der Waals surface area contributed by atoms with Gasteiger partial charge in [-0.1, -0.05) is 0 Å². The third kappa shape index (κ3) is 2.45. The van der Waals surface area contributed by atoms with Crippen molar-refractivity contribution in [1.29, 1.82) is 0 Å². The van der Waals surface area contributed by atoms with E-state index in [1.54, 1.807) is 12.1 Å². The number of aliphatic hydroxyl groups excluding tert-OH is 1. The number of aliphatic hydroxyl groups is 1. The van der Waals surface area contributed by atoms with Gasteiger partial charge in [-0.2, -0.15) is 0 Å². The lowest BCUT2D eigenvalue weighted by molar-refractivity contribution is 0.279. The highest BCUT2D eigenvalue weighted by Gasteiger charge is 2.11. The van der Waals surface area contributed by atoms with Gasteiger partial charge in [-0.15, -0.1) is 0 Å². The van der Waals surface area contributed by atoms with Crippen LogP contribution in [0.4, 0.5) is 4.39 Å². The number of halogens is 1. The van der Waals surface area contributed by atoms with Gasteiger partial charge in [0.2, 0.25) is 0 Å². The lowest BCUT2D eigenvalue weighted by atomic mass is 10.0. The standard InChI is InChI=1S/C11H14FO2/c1-3-14-9-4-5-11(12)10(6-9)8(2)7-13/h4-6,8,13H,2-3,7H2,1H3. The van der Waals surface area contributed by atoms with Crippen molar-refractivity contribution in [2.24, 2.45) is 0 Å². The fourth-order valence-electron chi connectivity index (χ4n) is 1.19. The molecule has 77 valence electrons. The fraction of sp³-hybridized carbons (Fsp3) is 0.364. The minimum atomic E-state index is -0.449. The van der Waals surface area contributed by atoms with Crippen LogP contribution in [0.5, 0.6) is 5.75 Å². The number of hydrogen-bond donors (Lipinski definition) is 1. The molecule has 1 radical (unpaired) electrons. The second kappa shape index (κ2) is 4.96. The Labute approximate surface area is 83.3 Å². The highest BCUT2D eigenvalue weighted by Crippen LogP contribution is 2.23. The molecule has 1 aromatic carbocycles. The fourth-order valence-corrected chi connectivity index (χ4v) is 1.19. The van der Waals surface area contributed by atoms with Crippen molar-refractivity contribution in [3.8, 4) is 5.75 Å². The van der Waals surface area contributed by atoms with Gasteiger partial charge in [0.25, 0.3) is 0 Å². The minimum absolute atomic E-state index is 0.174. The maximum Gasteiger partial charge on any atom is 0.127 e. The predicted molar refractivity (Wildman–Crippen MR) is 52.8 cm³/mol. The Morgan fingerprint density at radius 3 is 2.86 bits per heavy atom. The van der Waals surface area contributed by atoms with Crippen molar-refractivity contribution < 1.29 is 14.2 Å². The highest BCUT2D eigenvalue weighted by molar-refractivity contribution is 5.32. The summed E-state index contributed by atoms with van der Waals surface area (Å²) in [6.07, 6.45) is 0. The second-order valence-corrected chi connectivity index (χ2v) is 3.00. The Bertz CT molecular complexity index is 299. The summed E-state index contributed by atoms with van der Waals surface area (Å²) in [6.45, 7) is 5.86. The molecule has 1 rings (SSSR count). The molecule has 0 aromatic heterocycles. The molecule has 0 aliphatic rings. The number of benzene rings is 1. The van der Waals surface area contributed by atoms with Crippen molar-refractivity contribution in [2.75, 3.05) is 13.2 Å². The Morgan fingerprint density at radius 2 is 2.29 bits per heavy atom. The van der Waals surface area contributed by atoms with E-state index in [4.69, 9.17) is 9.84 Å².